The van der Waals surface area contributed by atoms with Gasteiger partial charge in [0.15, 0.2) is 0 Å². The Kier molecular flexibility index (Phi) is 10.0. The van der Waals surface area contributed by atoms with Crippen LogP contribution in [-0.4, -0.2) is 48.1 Å². The second-order valence-electron chi connectivity index (χ2n) is 8.60. The Morgan fingerprint density at radius 3 is 1.84 bits per heavy atom. The van der Waals surface area contributed by atoms with Crippen LogP contribution in [0.2, 0.25) is 0 Å². The van der Waals surface area contributed by atoms with Gasteiger partial charge in [0.2, 0.25) is 0 Å². The number of nitrogens with zero attached hydrogens (tertiary/aromatic N) is 1. The zero-order valence-corrected chi connectivity index (χ0v) is 23.0. The highest BCUT2D eigenvalue weighted by Crippen LogP contribution is 2.35. The van der Waals surface area contributed by atoms with Crippen LogP contribution in [0.1, 0.15) is 5.56 Å². The van der Waals surface area contributed by atoms with Gasteiger partial charge in [-0.3, -0.25) is 0 Å². The van der Waals surface area contributed by atoms with E-state index < -0.39 is 25.8 Å². The molecule has 0 N–H and O–H groups in total. The van der Waals surface area contributed by atoms with Crippen LogP contribution in [0, 0.1) is 0 Å². The minimum Gasteiger partial charge on any atom is -1.00 e. The normalized spacial score (nSPS) is 12.4. The number of aliphatic carboxylic acids is 1. The van der Waals surface area contributed by atoms with Gasteiger partial charge in [0.25, 0.3) is 0 Å². The molecule has 0 spiro atoms. The number of hydrogen-bond donors (Lipinski definition) is 0. The van der Waals surface area contributed by atoms with Crippen molar-refractivity contribution in [2.75, 3.05) is 37.5 Å². The molecular formula is C24H30INO4S2. The molecular weight excluding hydrogens is 557 g/mol. The van der Waals surface area contributed by atoms with Crippen LogP contribution in [0.15, 0.2) is 60.7 Å². The second kappa shape index (κ2) is 11.4. The number of aromatic nitrogens is 1. The van der Waals surface area contributed by atoms with Crippen LogP contribution in [0.4, 0.5) is 0 Å². The molecule has 1 aliphatic rings. The van der Waals surface area contributed by atoms with E-state index in [2.05, 4.69) is 22.8 Å². The molecule has 1 aromatic heterocycles. The molecule has 4 rings (SSSR count). The largest absolute Gasteiger partial charge is 1.00 e. The summed E-state index contributed by atoms with van der Waals surface area (Å²) in [5, 5.41) is 12.6. The topological polar surface area (TPSA) is 79.2 Å². The van der Waals surface area contributed by atoms with E-state index >= 15 is 0 Å². The maximum Gasteiger partial charge on any atom is 0.101 e. The zero-order valence-electron chi connectivity index (χ0n) is 19.3. The minimum atomic E-state index is -1.42. The molecule has 0 atom stereocenters. The second-order valence-corrected chi connectivity index (χ2v) is 15.5. The quantitative estimate of drug-likeness (QED) is 0.302. The number of carbonyl (C=O) groups is 1. The SMILES string of the molecule is C[S+](C)(C)=O.C[S+](C)(C)=O.O=C([O-])C1=CCn2c(cc3ccccc32)-c2ccccc21.[I-]. The molecule has 0 saturated carbocycles. The summed E-state index contributed by atoms with van der Waals surface area (Å²) in [6.07, 6.45) is 12.0. The van der Waals surface area contributed by atoms with E-state index in [1.807, 2.05) is 36.4 Å². The molecule has 0 unspecified atom stereocenters. The number of fused-ring (bicyclic) bond motifs is 5. The van der Waals surface area contributed by atoms with Crippen molar-refractivity contribution in [1.29, 1.82) is 0 Å². The van der Waals surface area contributed by atoms with Gasteiger partial charge in [-0.25, -0.2) is 0 Å². The Hall–Kier alpha value is -1.78. The number of rotatable bonds is 1. The lowest BCUT2D eigenvalue weighted by Crippen LogP contribution is -3.00. The van der Waals surface area contributed by atoms with Gasteiger partial charge in [-0.2, -0.15) is 0 Å². The van der Waals surface area contributed by atoms with Crippen LogP contribution in [0.5, 0.6) is 0 Å². The Morgan fingerprint density at radius 2 is 1.31 bits per heavy atom. The predicted molar refractivity (Wildman–Crippen MR) is 132 cm³/mol. The van der Waals surface area contributed by atoms with E-state index in [1.54, 1.807) is 43.6 Å². The highest BCUT2D eigenvalue weighted by molar-refractivity contribution is 8.01. The number of hydrogen-bond acceptors (Lipinski definition) is 4. The van der Waals surface area contributed by atoms with E-state index in [9.17, 15) is 18.3 Å². The van der Waals surface area contributed by atoms with E-state index in [1.165, 1.54) is 0 Å². The first-order valence-corrected chi connectivity index (χ1v) is 15.2. The fraction of sp³-hybridized carbons (Fsp3) is 0.292. The maximum atomic E-state index is 11.4. The van der Waals surface area contributed by atoms with Gasteiger partial charge in [-0.15, -0.1) is 8.42 Å². The third-order valence-corrected chi connectivity index (χ3v) is 4.00. The molecule has 2 aromatic carbocycles. The standard InChI is InChI=1S/C18H13NO2.2C3H9OS.HI/c20-18(21)15-9-10-19-16-8-4-1-5-12(16)11-17(19)14-7-3-2-6-13(14)15;2*1-5(2,3)4;/h1-9,11H,10H2,(H,20,21);2*1-3H3;1H/q;2*+1;/p-2. The summed E-state index contributed by atoms with van der Waals surface area (Å²) >= 11 is 0. The van der Waals surface area contributed by atoms with Crippen LogP contribution in [0.25, 0.3) is 27.7 Å². The molecule has 1 aliphatic heterocycles. The summed E-state index contributed by atoms with van der Waals surface area (Å²) in [7, 11) is -2.83. The van der Waals surface area contributed by atoms with Crippen LogP contribution >= 0.6 is 0 Å². The molecule has 174 valence electrons. The van der Waals surface area contributed by atoms with E-state index in [4.69, 9.17) is 0 Å². The first kappa shape index (κ1) is 28.3. The number of allylic oxidation sites excluding steroid dienone is 1. The van der Waals surface area contributed by atoms with Crippen LogP contribution < -0.4 is 29.1 Å². The van der Waals surface area contributed by atoms with Crippen LogP contribution in [-0.2, 0) is 39.6 Å². The molecule has 0 fully saturated rings. The molecule has 3 aromatic rings. The lowest BCUT2D eigenvalue weighted by Gasteiger charge is -2.11. The molecule has 2 heterocycles. The number of carboxylic acids is 1. The van der Waals surface area contributed by atoms with Crippen molar-refractivity contribution in [1.82, 2.24) is 4.57 Å². The summed E-state index contributed by atoms with van der Waals surface area (Å²) in [5.41, 5.74) is 4.07. The van der Waals surface area contributed by atoms with Crippen molar-refractivity contribution in [3.8, 4) is 11.3 Å². The van der Waals surface area contributed by atoms with Gasteiger partial charge in [0, 0.05) is 28.6 Å². The summed E-state index contributed by atoms with van der Waals surface area (Å²) in [4.78, 5) is 11.4. The number of carbonyl (C=O) groups excluding carboxylic acids is 1. The number of para-hydroxylation sites is 1. The Morgan fingerprint density at radius 1 is 0.844 bits per heavy atom. The average Bonchev–Trinajstić information content (AvgIpc) is 2.89. The fourth-order valence-electron chi connectivity index (χ4n) is 3.06. The van der Waals surface area contributed by atoms with Crippen molar-refractivity contribution < 1.29 is 42.3 Å². The maximum absolute atomic E-state index is 11.4. The number of carboxylic acid groups (broad SMARTS) is 1. The van der Waals surface area contributed by atoms with Gasteiger partial charge < -0.3 is 38.4 Å². The predicted octanol–water partition coefficient (Wildman–Crippen LogP) is 0.210. The van der Waals surface area contributed by atoms with E-state index in [-0.39, 0.29) is 29.5 Å². The molecule has 32 heavy (non-hydrogen) atoms. The van der Waals surface area contributed by atoms with Gasteiger partial charge in [-0.05, 0) is 17.7 Å². The molecule has 0 bridgehead atoms. The third-order valence-electron chi connectivity index (χ3n) is 4.00. The first-order chi connectivity index (χ1) is 14.3. The molecule has 0 amide bonds. The van der Waals surface area contributed by atoms with Crippen molar-refractivity contribution in [2.45, 2.75) is 6.54 Å². The summed E-state index contributed by atoms with van der Waals surface area (Å²) < 4.78 is 22.5. The van der Waals surface area contributed by atoms with E-state index in [0.717, 1.165) is 27.7 Å². The minimum absolute atomic E-state index is 0. The molecule has 8 heteroatoms. The summed E-state index contributed by atoms with van der Waals surface area (Å²) in [5.74, 6) is -1.13. The summed E-state index contributed by atoms with van der Waals surface area (Å²) in [6.45, 7) is 0.529. The van der Waals surface area contributed by atoms with Crippen molar-refractivity contribution >= 4 is 42.3 Å². The smallest absolute Gasteiger partial charge is 0.101 e. The Balaban J connectivity index is 0.000000396. The average molecular weight is 588 g/mol. The lowest BCUT2D eigenvalue weighted by molar-refractivity contribution is -0.295. The summed E-state index contributed by atoms with van der Waals surface area (Å²) in [6, 6.07) is 17.8. The highest BCUT2D eigenvalue weighted by Gasteiger charge is 2.18. The number of halogens is 1. The van der Waals surface area contributed by atoms with Gasteiger partial charge >= 0.3 is 0 Å². The lowest BCUT2D eigenvalue weighted by atomic mass is 9.98. The van der Waals surface area contributed by atoms with Crippen molar-refractivity contribution in [3.63, 3.8) is 0 Å². The monoisotopic (exact) mass is 587 g/mol. The molecule has 5 nitrogen and oxygen atoms in total. The van der Waals surface area contributed by atoms with E-state index in [0.29, 0.717) is 6.54 Å². The fourth-order valence-corrected chi connectivity index (χ4v) is 3.06. The third kappa shape index (κ3) is 8.63. The van der Waals surface area contributed by atoms with Gasteiger partial charge in [0.05, 0.1) is 31.5 Å². The highest BCUT2D eigenvalue weighted by atomic mass is 127. The Labute approximate surface area is 209 Å². The Bertz CT molecular complexity index is 1180. The van der Waals surface area contributed by atoms with Gasteiger partial charge in [-0.1, -0.05) is 48.5 Å². The van der Waals surface area contributed by atoms with Gasteiger partial charge in [0.1, 0.15) is 37.5 Å². The molecule has 0 radical (unpaired) electrons. The zero-order chi connectivity index (χ0) is 23.4. The van der Waals surface area contributed by atoms with Crippen LogP contribution in [0.3, 0.4) is 0 Å². The number of benzene rings is 2. The molecule has 0 saturated heterocycles. The molecule has 0 aliphatic carbocycles. The van der Waals surface area contributed by atoms with Crippen molar-refractivity contribution in [3.05, 3.63) is 66.2 Å². The van der Waals surface area contributed by atoms with Crippen molar-refractivity contribution in [2.24, 2.45) is 0 Å². The first-order valence-electron chi connectivity index (χ1n) is 9.63.